The van der Waals surface area contributed by atoms with Gasteiger partial charge in [-0.05, 0) is 61.9 Å². The third kappa shape index (κ3) is 4.07. The van der Waals surface area contributed by atoms with Crippen molar-refractivity contribution >= 4 is 0 Å². The van der Waals surface area contributed by atoms with Gasteiger partial charge in [0.1, 0.15) is 0 Å². The maximum absolute atomic E-state index is 10.5. The van der Waals surface area contributed by atoms with Crippen molar-refractivity contribution in [3.63, 3.8) is 0 Å². The Bertz CT molecular complexity index is 416. The Hall–Kier alpha value is -0.860. The van der Waals surface area contributed by atoms with Crippen LogP contribution in [0.3, 0.4) is 0 Å². The number of hydrogen-bond acceptors (Lipinski definition) is 2. The number of unbranched alkanes of at least 4 members (excludes halogenated alkanes) is 1. The second kappa shape index (κ2) is 7.80. The van der Waals surface area contributed by atoms with Crippen LogP contribution in [0.1, 0.15) is 62.3 Å². The molecule has 0 amide bonds. The number of hydrogen-bond donors (Lipinski definition) is 1. The summed E-state index contributed by atoms with van der Waals surface area (Å²) in [6.07, 6.45) is 7.08. The van der Waals surface area contributed by atoms with Crippen molar-refractivity contribution in [1.82, 2.24) is 4.90 Å². The van der Waals surface area contributed by atoms with Crippen LogP contribution in [0.5, 0.6) is 0 Å². The van der Waals surface area contributed by atoms with Crippen LogP contribution in [0.15, 0.2) is 18.2 Å². The monoisotopic (exact) mass is 275 g/mol. The molecule has 1 aromatic carbocycles. The van der Waals surface area contributed by atoms with Crippen LogP contribution in [0.4, 0.5) is 0 Å². The number of aryl methyl sites for hydroxylation is 2. The first kappa shape index (κ1) is 15.5. The number of aliphatic hydroxyl groups is 1. The Morgan fingerprint density at radius 2 is 1.90 bits per heavy atom. The lowest BCUT2D eigenvalue weighted by Gasteiger charge is -2.25. The van der Waals surface area contributed by atoms with Crippen molar-refractivity contribution in [2.24, 2.45) is 0 Å². The van der Waals surface area contributed by atoms with Gasteiger partial charge in [-0.25, -0.2) is 0 Å². The van der Waals surface area contributed by atoms with Crippen molar-refractivity contribution in [3.8, 4) is 0 Å². The van der Waals surface area contributed by atoms with Gasteiger partial charge in [0.15, 0.2) is 0 Å². The highest BCUT2D eigenvalue weighted by Gasteiger charge is 2.15. The molecule has 1 aromatic rings. The summed E-state index contributed by atoms with van der Waals surface area (Å²) < 4.78 is 0. The molecule has 2 rings (SSSR count). The molecule has 0 saturated heterocycles. The van der Waals surface area contributed by atoms with Gasteiger partial charge in [0, 0.05) is 6.54 Å². The first-order chi connectivity index (χ1) is 9.74. The number of rotatable bonds is 7. The van der Waals surface area contributed by atoms with E-state index in [0.29, 0.717) is 0 Å². The van der Waals surface area contributed by atoms with Gasteiger partial charge in [0.2, 0.25) is 0 Å². The summed E-state index contributed by atoms with van der Waals surface area (Å²) in [5.74, 6) is 0. The Balaban J connectivity index is 1.99. The molecule has 1 atom stereocenters. The van der Waals surface area contributed by atoms with E-state index < -0.39 is 0 Å². The lowest BCUT2D eigenvalue weighted by atomic mass is 9.89. The van der Waals surface area contributed by atoms with Gasteiger partial charge in [-0.1, -0.05) is 38.5 Å². The zero-order valence-electron chi connectivity index (χ0n) is 13.1. The SMILES string of the molecule is CCCCN(CC)CC(O)c1ccc2c(c1)CCCC2. The summed E-state index contributed by atoms with van der Waals surface area (Å²) in [5, 5.41) is 10.5. The normalized spacial score (nSPS) is 16.2. The largest absolute Gasteiger partial charge is 0.387 e. The maximum Gasteiger partial charge on any atom is 0.0917 e. The molecular formula is C18H29NO. The standard InChI is InChI=1S/C18H29NO/c1-3-5-12-19(4-2)14-18(20)17-11-10-15-8-6-7-9-16(15)13-17/h10-11,13,18,20H,3-9,12,14H2,1-2H3. The molecule has 0 saturated carbocycles. The Labute approximate surface area is 123 Å². The van der Waals surface area contributed by atoms with Crippen molar-refractivity contribution in [2.75, 3.05) is 19.6 Å². The summed E-state index contributed by atoms with van der Waals surface area (Å²) in [6, 6.07) is 6.60. The molecule has 0 fully saturated rings. The minimum Gasteiger partial charge on any atom is -0.387 e. The Kier molecular flexibility index (Phi) is 6.06. The smallest absolute Gasteiger partial charge is 0.0917 e. The molecule has 0 aliphatic heterocycles. The van der Waals surface area contributed by atoms with Crippen molar-refractivity contribution in [1.29, 1.82) is 0 Å². The fourth-order valence-corrected chi connectivity index (χ4v) is 3.07. The van der Waals surface area contributed by atoms with Crippen molar-refractivity contribution in [2.45, 2.75) is 58.5 Å². The quantitative estimate of drug-likeness (QED) is 0.820. The van der Waals surface area contributed by atoms with E-state index in [1.54, 1.807) is 0 Å². The molecule has 112 valence electrons. The highest BCUT2D eigenvalue weighted by Crippen LogP contribution is 2.25. The van der Waals surface area contributed by atoms with Gasteiger partial charge in [0.25, 0.3) is 0 Å². The number of nitrogens with zero attached hydrogens (tertiary/aromatic N) is 1. The number of aliphatic hydroxyl groups excluding tert-OH is 1. The van der Waals surface area contributed by atoms with E-state index >= 15 is 0 Å². The van der Waals surface area contributed by atoms with Crippen LogP contribution in [-0.4, -0.2) is 29.6 Å². The minimum atomic E-state index is -0.348. The first-order valence-electron chi connectivity index (χ1n) is 8.26. The third-order valence-electron chi connectivity index (χ3n) is 4.46. The predicted octanol–water partition coefficient (Wildman–Crippen LogP) is 3.72. The van der Waals surface area contributed by atoms with Crippen LogP contribution in [0.2, 0.25) is 0 Å². The Morgan fingerprint density at radius 3 is 2.60 bits per heavy atom. The van der Waals surface area contributed by atoms with E-state index in [0.717, 1.165) is 25.2 Å². The van der Waals surface area contributed by atoms with E-state index in [9.17, 15) is 5.11 Å². The summed E-state index contributed by atoms with van der Waals surface area (Å²) in [7, 11) is 0. The molecule has 1 aliphatic carbocycles. The molecular weight excluding hydrogens is 246 g/mol. The van der Waals surface area contributed by atoms with Gasteiger partial charge >= 0.3 is 0 Å². The number of fused-ring (bicyclic) bond motifs is 1. The van der Waals surface area contributed by atoms with Crippen LogP contribution in [0, 0.1) is 0 Å². The average molecular weight is 275 g/mol. The fraction of sp³-hybridized carbons (Fsp3) is 0.667. The average Bonchev–Trinajstić information content (AvgIpc) is 2.50. The maximum atomic E-state index is 10.5. The molecule has 2 heteroatoms. The Morgan fingerprint density at radius 1 is 1.15 bits per heavy atom. The number of likely N-dealkylation sites (N-methyl/N-ethyl adjacent to an activating group) is 1. The summed E-state index contributed by atoms with van der Waals surface area (Å²) >= 11 is 0. The molecule has 0 bridgehead atoms. The molecule has 1 N–H and O–H groups in total. The zero-order chi connectivity index (χ0) is 14.4. The molecule has 0 radical (unpaired) electrons. The van der Waals surface area contributed by atoms with Gasteiger partial charge < -0.3 is 10.0 Å². The van der Waals surface area contributed by atoms with E-state index in [-0.39, 0.29) is 6.10 Å². The summed E-state index contributed by atoms with van der Waals surface area (Å²) in [5.41, 5.74) is 4.05. The number of benzene rings is 1. The summed E-state index contributed by atoms with van der Waals surface area (Å²) in [4.78, 5) is 2.35. The zero-order valence-corrected chi connectivity index (χ0v) is 13.1. The van der Waals surface area contributed by atoms with Crippen molar-refractivity contribution in [3.05, 3.63) is 34.9 Å². The molecule has 20 heavy (non-hydrogen) atoms. The minimum absolute atomic E-state index is 0.348. The molecule has 1 unspecified atom stereocenters. The van der Waals surface area contributed by atoms with Gasteiger partial charge in [-0.15, -0.1) is 0 Å². The van der Waals surface area contributed by atoms with E-state index in [1.165, 1.54) is 49.7 Å². The lowest BCUT2D eigenvalue weighted by molar-refractivity contribution is 0.115. The first-order valence-corrected chi connectivity index (χ1v) is 8.26. The van der Waals surface area contributed by atoms with E-state index in [1.807, 2.05) is 0 Å². The molecule has 0 aromatic heterocycles. The second-order valence-electron chi connectivity index (χ2n) is 6.00. The van der Waals surface area contributed by atoms with Crippen LogP contribution < -0.4 is 0 Å². The van der Waals surface area contributed by atoms with Gasteiger partial charge in [0.05, 0.1) is 6.10 Å². The topological polar surface area (TPSA) is 23.5 Å². The van der Waals surface area contributed by atoms with Crippen LogP contribution in [0.25, 0.3) is 0 Å². The van der Waals surface area contributed by atoms with E-state index in [4.69, 9.17) is 0 Å². The predicted molar refractivity (Wildman–Crippen MR) is 85.1 cm³/mol. The van der Waals surface area contributed by atoms with Crippen LogP contribution in [-0.2, 0) is 12.8 Å². The van der Waals surface area contributed by atoms with Crippen LogP contribution >= 0.6 is 0 Å². The molecule has 0 heterocycles. The van der Waals surface area contributed by atoms with Gasteiger partial charge in [-0.2, -0.15) is 0 Å². The van der Waals surface area contributed by atoms with Gasteiger partial charge in [-0.3, -0.25) is 0 Å². The highest BCUT2D eigenvalue weighted by atomic mass is 16.3. The molecule has 0 spiro atoms. The molecule has 1 aliphatic rings. The fourth-order valence-electron chi connectivity index (χ4n) is 3.07. The highest BCUT2D eigenvalue weighted by molar-refractivity contribution is 5.34. The second-order valence-corrected chi connectivity index (χ2v) is 6.00. The third-order valence-corrected chi connectivity index (χ3v) is 4.46. The lowest BCUT2D eigenvalue weighted by Crippen LogP contribution is -2.29. The summed E-state index contributed by atoms with van der Waals surface area (Å²) in [6.45, 7) is 7.26. The molecule has 2 nitrogen and oxygen atoms in total. The van der Waals surface area contributed by atoms with Crippen molar-refractivity contribution < 1.29 is 5.11 Å². The van der Waals surface area contributed by atoms with E-state index in [2.05, 4.69) is 36.9 Å².